The van der Waals surface area contributed by atoms with E-state index in [1.54, 1.807) is 0 Å². The molecule has 1 aromatic carbocycles. The van der Waals surface area contributed by atoms with Crippen LogP contribution in [0.25, 0.3) is 0 Å². The Balaban J connectivity index is 2.21. The number of carbonyl (C=O) groups excluding carboxylic acids is 1. The van der Waals surface area contributed by atoms with Gasteiger partial charge in [0.1, 0.15) is 6.61 Å². The number of aliphatic hydroxyl groups excluding tert-OH is 1. The van der Waals surface area contributed by atoms with Crippen molar-refractivity contribution in [2.75, 3.05) is 19.7 Å². The molecule has 0 spiro atoms. The topological polar surface area (TPSA) is 40.5 Å². The maximum atomic E-state index is 12.7. The molecule has 0 bridgehead atoms. The van der Waals surface area contributed by atoms with E-state index in [0.717, 1.165) is 36.2 Å². The first kappa shape index (κ1) is 15.6. The molecule has 112 valence electrons. The van der Waals surface area contributed by atoms with Crippen LogP contribution in [0.5, 0.6) is 0 Å². The zero-order valence-corrected chi connectivity index (χ0v) is 13.0. The highest BCUT2D eigenvalue weighted by atomic mass is 16.2. The van der Waals surface area contributed by atoms with Gasteiger partial charge in [-0.25, -0.2) is 0 Å². The van der Waals surface area contributed by atoms with E-state index in [-0.39, 0.29) is 12.5 Å². The number of nitrogens with zero attached hydrogens (tertiary/aromatic N) is 1. The molecule has 0 aromatic heterocycles. The lowest BCUT2D eigenvalue weighted by Gasteiger charge is -2.19. The number of hydrogen-bond acceptors (Lipinski definition) is 2. The molecule has 1 aliphatic heterocycles. The molecule has 1 N–H and O–H groups in total. The second kappa shape index (κ2) is 6.78. The standard InChI is InChI=1S/C18H23NO2/c1-13(2)16-9-10-19(12-16)18(21)17-8-4-6-15(14(17)3)7-5-11-20/h4,6,8,13,16,20H,9-12H2,1-3H3. The van der Waals surface area contributed by atoms with E-state index in [0.29, 0.717) is 11.8 Å². The Kier molecular flexibility index (Phi) is 5.03. The second-order valence-electron chi connectivity index (χ2n) is 5.98. The maximum Gasteiger partial charge on any atom is 0.254 e. The number of amides is 1. The van der Waals surface area contributed by atoms with E-state index in [9.17, 15) is 4.79 Å². The third kappa shape index (κ3) is 3.46. The predicted octanol–water partition coefficient (Wildman–Crippen LogP) is 2.46. The summed E-state index contributed by atoms with van der Waals surface area (Å²) in [5.74, 6) is 6.87. The fraction of sp³-hybridized carbons (Fsp3) is 0.500. The van der Waals surface area contributed by atoms with Crippen LogP contribution in [0.15, 0.2) is 18.2 Å². The number of aliphatic hydroxyl groups is 1. The molecule has 2 rings (SSSR count). The Bertz CT molecular complexity index is 581. The molecule has 3 heteroatoms. The summed E-state index contributed by atoms with van der Waals surface area (Å²) in [5, 5.41) is 8.80. The van der Waals surface area contributed by atoms with Gasteiger partial charge >= 0.3 is 0 Å². The molecule has 0 saturated carbocycles. The SMILES string of the molecule is Cc1c(C#CCO)cccc1C(=O)N1CCC(C(C)C)C1. The van der Waals surface area contributed by atoms with Crippen LogP contribution >= 0.6 is 0 Å². The van der Waals surface area contributed by atoms with Crippen molar-refractivity contribution in [2.45, 2.75) is 27.2 Å². The molecule has 1 unspecified atom stereocenters. The van der Waals surface area contributed by atoms with Crippen LogP contribution in [0.2, 0.25) is 0 Å². The number of rotatable bonds is 2. The van der Waals surface area contributed by atoms with Crippen LogP contribution in [0.3, 0.4) is 0 Å². The monoisotopic (exact) mass is 285 g/mol. The molecule has 1 atom stereocenters. The minimum Gasteiger partial charge on any atom is -0.384 e. The molecule has 21 heavy (non-hydrogen) atoms. The van der Waals surface area contributed by atoms with Gasteiger partial charge in [0.25, 0.3) is 5.91 Å². The highest BCUT2D eigenvalue weighted by Crippen LogP contribution is 2.26. The molecule has 3 nitrogen and oxygen atoms in total. The number of carbonyl (C=O) groups is 1. The van der Waals surface area contributed by atoms with Gasteiger partial charge in [0.05, 0.1) is 0 Å². The minimum absolute atomic E-state index is 0.100. The minimum atomic E-state index is -0.167. The van der Waals surface area contributed by atoms with Crippen molar-refractivity contribution < 1.29 is 9.90 Å². The lowest BCUT2D eigenvalue weighted by Crippen LogP contribution is -2.30. The molecule has 1 aliphatic rings. The van der Waals surface area contributed by atoms with Gasteiger partial charge in [0.15, 0.2) is 0 Å². The lowest BCUT2D eigenvalue weighted by molar-refractivity contribution is 0.0783. The number of benzene rings is 1. The second-order valence-corrected chi connectivity index (χ2v) is 5.98. The summed E-state index contributed by atoms with van der Waals surface area (Å²) in [6.45, 7) is 7.88. The quantitative estimate of drug-likeness (QED) is 0.848. The average Bonchev–Trinajstić information content (AvgIpc) is 2.95. The molecule has 0 aliphatic carbocycles. The summed E-state index contributed by atoms with van der Waals surface area (Å²) in [6, 6.07) is 5.61. The largest absolute Gasteiger partial charge is 0.384 e. The Labute approximate surface area is 127 Å². The van der Waals surface area contributed by atoms with E-state index >= 15 is 0 Å². The average molecular weight is 285 g/mol. The first-order valence-electron chi connectivity index (χ1n) is 7.53. The van der Waals surface area contributed by atoms with E-state index in [2.05, 4.69) is 25.7 Å². The highest BCUT2D eigenvalue weighted by molar-refractivity contribution is 5.96. The van der Waals surface area contributed by atoms with Crippen LogP contribution in [0, 0.1) is 30.6 Å². The Morgan fingerprint density at radius 1 is 1.48 bits per heavy atom. The van der Waals surface area contributed by atoms with E-state index in [1.807, 2.05) is 30.0 Å². The van der Waals surface area contributed by atoms with Gasteiger partial charge in [0, 0.05) is 24.2 Å². The summed E-state index contributed by atoms with van der Waals surface area (Å²) in [4.78, 5) is 14.6. The highest BCUT2D eigenvalue weighted by Gasteiger charge is 2.29. The van der Waals surface area contributed by atoms with Crippen molar-refractivity contribution in [1.82, 2.24) is 4.90 Å². The third-order valence-electron chi connectivity index (χ3n) is 4.32. The van der Waals surface area contributed by atoms with Crippen molar-refractivity contribution >= 4 is 5.91 Å². The van der Waals surface area contributed by atoms with Gasteiger partial charge in [-0.05, 0) is 42.9 Å². The van der Waals surface area contributed by atoms with Crippen molar-refractivity contribution in [3.05, 3.63) is 34.9 Å². The normalized spacial score (nSPS) is 17.8. The van der Waals surface area contributed by atoms with Gasteiger partial charge in [-0.3, -0.25) is 4.79 Å². The first-order valence-corrected chi connectivity index (χ1v) is 7.53. The van der Waals surface area contributed by atoms with Crippen LogP contribution in [-0.4, -0.2) is 35.6 Å². The van der Waals surface area contributed by atoms with Gasteiger partial charge in [-0.1, -0.05) is 31.8 Å². The summed E-state index contributed by atoms with van der Waals surface area (Å²) < 4.78 is 0. The summed E-state index contributed by atoms with van der Waals surface area (Å²) >= 11 is 0. The Morgan fingerprint density at radius 2 is 2.24 bits per heavy atom. The maximum absolute atomic E-state index is 12.7. The molecule has 1 amide bonds. The summed E-state index contributed by atoms with van der Waals surface area (Å²) in [6.07, 6.45) is 1.09. The van der Waals surface area contributed by atoms with Crippen molar-refractivity contribution in [1.29, 1.82) is 0 Å². The fourth-order valence-corrected chi connectivity index (χ4v) is 2.82. The third-order valence-corrected chi connectivity index (χ3v) is 4.32. The zero-order chi connectivity index (χ0) is 15.4. The van der Waals surface area contributed by atoms with E-state index in [1.165, 1.54) is 0 Å². The summed E-state index contributed by atoms with van der Waals surface area (Å²) in [7, 11) is 0. The van der Waals surface area contributed by atoms with Crippen LogP contribution in [0.4, 0.5) is 0 Å². The van der Waals surface area contributed by atoms with E-state index in [4.69, 9.17) is 5.11 Å². The number of hydrogen-bond donors (Lipinski definition) is 1. The fourth-order valence-electron chi connectivity index (χ4n) is 2.82. The molecule has 1 saturated heterocycles. The predicted molar refractivity (Wildman–Crippen MR) is 84.0 cm³/mol. The first-order chi connectivity index (χ1) is 10.0. The molecule has 1 heterocycles. The van der Waals surface area contributed by atoms with Crippen LogP contribution in [-0.2, 0) is 0 Å². The van der Waals surface area contributed by atoms with Crippen molar-refractivity contribution in [2.24, 2.45) is 11.8 Å². The molecular weight excluding hydrogens is 262 g/mol. The van der Waals surface area contributed by atoms with Crippen LogP contribution in [0.1, 0.15) is 41.8 Å². The van der Waals surface area contributed by atoms with Gasteiger partial charge in [-0.2, -0.15) is 0 Å². The Morgan fingerprint density at radius 3 is 2.86 bits per heavy atom. The van der Waals surface area contributed by atoms with Gasteiger partial charge < -0.3 is 10.0 Å². The smallest absolute Gasteiger partial charge is 0.254 e. The lowest BCUT2D eigenvalue weighted by atomic mass is 9.95. The molecule has 1 aromatic rings. The number of likely N-dealkylation sites (tertiary alicyclic amines) is 1. The molecule has 1 fully saturated rings. The Hall–Kier alpha value is -1.79. The molecular formula is C18H23NO2. The van der Waals surface area contributed by atoms with Crippen molar-refractivity contribution in [3.63, 3.8) is 0 Å². The molecule has 0 radical (unpaired) electrons. The van der Waals surface area contributed by atoms with E-state index < -0.39 is 0 Å². The van der Waals surface area contributed by atoms with Gasteiger partial charge in [-0.15, -0.1) is 0 Å². The van der Waals surface area contributed by atoms with Crippen molar-refractivity contribution in [3.8, 4) is 11.8 Å². The van der Waals surface area contributed by atoms with Gasteiger partial charge in [0.2, 0.25) is 0 Å². The summed E-state index contributed by atoms with van der Waals surface area (Å²) in [5.41, 5.74) is 2.44. The zero-order valence-electron chi connectivity index (χ0n) is 13.0. The van der Waals surface area contributed by atoms with Crippen LogP contribution < -0.4 is 0 Å².